The lowest BCUT2D eigenvalue weighted by Gasteiger charge is -2.20. The van der Waals surface area contributed by atoms with Crippen LogP contribution in [0.4, 0.5) is 0 Å². The Balaban J connectivity index is 4.24. The number of ketones is 1. The molecule has 3 atom stereocenters. The molecule has 0 rings (SSSR count). The molecule has 0 saturated heterocycles. The third kappa shape index (κ3) is 18.1. The highest BCUT2D eigenvalue weighted by atomic mass is 16.2. The molecule has 0 heterocycles. The van der Waals surface area contributed by atoms with E-state index in [-0.39, 0.29) is 42.1 Å². The second-order valence-electron chi connectivity index (χ2n) is 8.66. The quantitative estimate of drug-likeness (QED) is 0.138. The van der Waals surface area contributed by atoms with Gasteiger partial charge in [-0.15, -0.1) is 0 Å². The van der Waals surface area contributed by atoms with Crippen LogP contribution in [-0.2, 0) is 14.4 Å². The minimum absolute atomic E-state index is 0.0256. The van der Waals surface area contributed by atoms with Crippen molar-refractivity contribution in [2.75, 3.05) is 40.8 Å². The van der Waals surface area contributed by atoms with Crippen molar-refractivity contribution in [3.63, 3.8) is 0 Å². The minimum atomic E-state index is -0.223. The van der Waals surface area contributed by atoms with Crippen molar-refractivity contribution in [2.24, 2.45) is 5.73 Å². The second-order valence-corrected chi connectivity index (χ2v) is 8.66. The van der Waals surface area contributed by atoms with E-state index < -0.39 is 0 Å². The molecule has 0 aliphatic heterocycles. The number of nitrogens with one attached hydrogen (secondary N) is 5. The zero-order valence-electron chi connectivity index (χ0n) is 20.7. The van der Waals surface area contributed by atoms with Gasteiger partial charge in [-0.3, -0.25) is 14.4 Å². The van der Waals surface area contributed by atoms with Gasteiger partial charge in [0.1, 0.15) is 5.78 Å². The first-order valence-corrected chi connectivity index (χ1v) is 12.1. The van der Waals surface area contributed by atoms with Crippen LogP contribution in [0.25, 0.3) is 0 Å². The van der Waals surface area contributed by atoms with Crippen molar-refractivity contribution in [2.45, 2.75) is 89.3 Å². The molecule has 7 N–H and O–H groups in total. The van der Waals surface area contributed by atoms with Gasteiger partial charge in [-0.1, -0.05) is 6.42 Å². The number of hydrogen-bond acceptors (Lipinski definition) is 7. The molecule has 0 radical (unpaired) electrons. The van der Waals surface area contributed by atoms with Crippen molar-refractivity contribution in [1.29, 1.82) is 0 Å². The van der Waals surface area contributed by atoms with E-state index in [0.717, 1.165) is 45.2 Å². The van der Waals surface area contributed by atoms with Crippen LogP contribution in [0.5, 0.6) is 0 Å². The number of unbranched alkanes of at least 4 members (excludes halogenated alkanes) is 1. The number of carbonyl (C=O) groups excluding carboxylic acids is 3. The number of nitrogens with two attached hydrogens (primary N) is 1. The fourth-order valence-corrected chi connectivity index (χ4v) is 3.65. The van der Waals surface area contributed by atoms with Gasteiger partial charge in [-0.25, -0.2) is 0 Å². The summed E-state index contributed by atoms with van der Waals surface area (Å²) in [6.07, 6.45) is 7.19. The van der Waals surface area contributed by atoms with Gasteiger partial charge in [0.25, 0.3) is 0 Å². The van der Waals surface area contributed by atoms with Gasteiger partial charge < -0.3 is 32.3 Å². The van der Waals surface area contributed by atoms with Crippen LogP contribution < -0.4 is 32.3 Å². The van der Waals surface area contributed by atoms with Crippen LogP contribution in [0.15, 0.2) is 0 Å². The molecule has 0 aliphatic rings. The largest absolute Gasteiger partial charge is 0.356 e. The van der Waals surface area contributed by atoms with Gasteiger partial charge in [0.2, 0.25) is 11.8 Å². The van der Waals surface area contributed by atoms with Gasteiger partial charge >= 0.3 is 0 Å². The molecule has 0 bridgehead atoms. The molecule has 2 amide bonds. The molecule has 0 aliphatic carbocycles. The van der Waals surface area contributed by atoms with Crippen LogP contribution in [-0.4, -0.2) is 76.5 Å². The number of carbonyl (C=O) groups is 3. The van der Waals surface area contributed by atoms with Gasteiger partial charge in [0.15, 0.2) is 0 Å². The molecule has 0 aromatic heterocycles. The molecule has 0 fully saturated rings. The van der Waals surface area contributed by atoms with E-state index >= 15 is 0 Å². The maximum absolute atomic E-state index is 12.3. The molecule has 0 spiro atoms. The Morgan fingerprint density at radius 3 is 1.97 bits per heavy atom. The molecular formula is C23H48N6O3. The van der Waals surface area contributed by atoms with Crippen molar-refractivity contribution in [3.8, 4) is 0 Å². The van der Waals surface area contributed by atoms with E-state index in [1.165, 1.54) is 6.92 Å². The summed E-state index contributed by atoms with van der Waals surface area (Å²) >= 11 is 0. The van der Waals surface area contributed by atoms with E-state index in [9.17, 15) is 14.4 Å². The fourth-order valence-electron chi connectivity index (χ4n) is 3.65. The Labute approximate surface area is 194 Å². The summed E-state index contributed by atoms with van der Waals surface area (Å²) in [5.74, 6) is -0.0576. The highest BCUT2D eigenvalue weighted by Gasteiger charge is 2.17. The lowest BCUT2D eigenvalue weighted by atomic mass is 10.0. The second kappa shape index (κ2) is 20.1. The summed E-state index contributed by atoms with van der Waals surface area (Å²) in [7, 11) is 5.72. The number of Topliss-reactive ketones (excluding diaryl/α,β-unsaturated/α-hetero) is 1. The van der Waals surface area contributed by atoms with Crippen LogP contribution in [0.2, 0.25) is 0 Å². The SMILES string of the molecule is CNCCCCC(CC(=O)NCCCC(CC(C)=O)NC(=O)CC(N)CCCNC)NC. The third-order valence-electron chi connectivity index (χ3n) is 5.47. The van der Waals surface area contributed by atoms with Crippen LogP contribution in [0, 0.1) is 0 Å². The van der Waals surface area contributed by atoms with E-state index in [1.54, 1.807) is 0 Å². The summed E-state index contributed by atoms with van der Waals surface area (Å²) in [6, 6.07) is -0.230. The zero-order valence-corrected chi connectivity index (χ0v) is 20.7. The van der Waals surface area contributed by atoms with Gasteiger partial charge in [0.05, 0.1) is 0 Å². The van der Waals surface area contributed by atoms with Crippen molar-refractivity contribution in [3.05, 3.63) is 0 Å². The average Bonchev–Trinajstić information content (AvgIpc) is 2.72. The van der Waals surface area contributed by atoms with Crippen LogP contribution in [0.1, 0.15) is 71.1 Å². The molecule has 0 aromatic carbocycles. The van der Waals surface area contributed by atoms with Crippen molar-refractivity contribution >= 4 is 17.6 Å². The zero-order chi connectivity index (χ0) is 24.2. The molecule has 32 heavy (non-hydrogen) atoms. The third-order valence-corrected chi connectivity index (χ3v) is 5.47. The van der Waals surface area contributed by atoms with Crippen molar-refractivity contribution in [1.82, 2.24) is 26.6 Å². The predicted octanol–water partition coefficient (Wildman–Crippen LogP) is 0.432. The van der Waals surface area contributed by atoms with Crippen molar-refractivity contribution < 1.29 is 14.4 Å². The molecule has 188 valence electrons. The summed E-state index contributed by atoms with van der Waals surface area (Å²) in [5, 5.41) is 15.3. The van der Waals surface area contributed by atoms with Crippen LogP contribution in [0.3, 0.4) is 0 Å². The van der Waals surface area contributed by atoms with Gasteiger partial charge in [-0.2, -0.15) is 0 Å². The Hall–Kier alpha value is -1.55. The summed E-state index contributed by atoms with van der Waals surface area (Å²) in [5.41, 5.74) is 6.03. The summed E-state index contributed by atoms with van der Waals surface area (Å²) < 4.78 is 0. The minimum Gasteiger partial charge on any atom is -0.356 e. The lowest BCUT2D eigenvalue weighted by Crippen LogP contribution is -2.40. The topological polar surface area (TPSA) is 137 Å². The first-order chi connectivity index (χ1) is 15.3. The first kappa shape index (κ1) is 30.4. The molecule has 3 unspecified atom stereocenters. The molecule has 9 nitrogen and oxygen atoms in total. The maximum Gasteiger partial charge on any atom is 0.221 e. The Morgan fingerprint density at radius 1 is 0.719 bits per heavy atom. The monoisotopic (exact) mass is 456 g/mol. The van der Waals surface area contributed by atoms with Gasteiger partial charge in [-0.05, 0) is 79.7 Å². The average molecular weight is 457 g/mol. The van der Waals surface area contributed by atoms with E-state index in [4.69, 9.17) is 5.73 Å². The van der Waals surface area contributed by atoms with E-state index in [2.05, 4.69) is 26.6 Å². The normalized spacial score (nSPS) is 13.9. The summed E-state index contributed by atoms with van der Waals surface area (Å²) in [6.45, 7) is 3.92. The molecule has 0 aromatic rings. The maximum atomic E-state index is 12.3. The lowest BCUT2D eigenvalue weighted by molar-refractivity contribution is -0.123. The van der Waals surface area contributed by atoms with E-state index in [0.29, 0.717) is 32.2 Å². The fraction of sp³-hybridized carbons (Fsp3) is 0.870. The predicted molar refractivity (Wildman–Crippen MR) is 130 cm³/mol. The van der Waals surface area contributed by atoms with Gasteiger partial charge in [0, 0.05) is 43.9 Å². The number of hydrogen-bond donors (Lipinski definition) is 6. The standard InChI is InChI=1S/C23H48N6O3/c1-18(30)15-21(29-23(32)16-19(24)9-7-13-26-3)11-8-14-28-22(31)17-20(27-4)10-5-6-12-25-2/h19-21,25-27H,5-17,24H2,1-4H3,(H,28,31)(H,29,32). The highest BCUT2D eigenvalue weighted by molar-refractivity contribution is 5.80. The number of amides is 2. The molecule has 9 heteroatoms. The highest BCUT2D eigenvalue weighted by Crippen LogP contribution is 2.07. The Kier molecular flexibility index (Phi) is 19.1. The smallest absolute Gasteiger partial charge is 0.221 e. The Morgan fingerprint density at radius 2 is 1.34 bits per heavy atom. The molecular weight excluding hydrogens is 408 g/mol. The van der Waals surface area contributed by atoms with Crippen LogP contribution >= 0.6 is 0 Å². The molecule has 0 saturated carbocycles. The first-order valence-electron chi connectivity index (χ1n) is 12.1. The summed E-state index contributed by atoms with van der Waals surface area (Å²) in [4.78, 5) is 36.1. The number of rotatable bonds is 21. The van der Waals surface area contributed by atoms with E-state index in [1.807, 2.05) is 21.1 Å². The Bertz CT molecular complexity index is 518.